The van der Waals surface area contributed by atoms with Gasteiger partial charge in [-0.05, 0) is 37.2 Å². The molecule has 0 unspecified atom stereocenters. The Morgan fingerprint density at radius 3 is 2.57 bits per heavy atom. The van der Waals surface area contributed by atoms with Gasteiger partial charge in [0.15, 0.2) is 5.43 Å². The molecule has 0 aliphatic carbocycles. The molecule has 1 aromatic heterocycles. The molecule has 1 amide bonds. The molecule has 0 aliphatic heterocycles. The summed E-state index contributed by atoms with van der Waals surface area (Å²) in [4.78, 5) is 28.4. The van der Waals surface area contributed by atoms with E-state index in [1.807, 2.05) is 0 Å². The maximum Gasteiger partial charge on any atom is 0.263 e. The minimum absolute atomic E-state index is 0.0406. The Labute approximate surface area is 121 Å². The monoisotopic (exact) mass is 289 g/mol. The lowest BCUT2D eigenvalue weighted by molar-refractivity contribution is 0.0985. The van der Waals surface area contributed by atoms with Crippen LogP contribution in [0.1, 0.15) is 16.8 Å². The molecule has 3 N–H and O–H groups in total. The summed E-state index contributed by atoms with van der Waals surface area (Å²) in [6.45, 7) is 0.769. The van der Waals surface area contributed by atoms with Gasteiger partial charge in [-0.15, -0.1) is 0 Å². The number of nitrogens with zero attached hydrogens (tertiary/aromatic N) is 1. The molecule has 1 aromatic carbocycles. The maximum atomic E-state index is 13.0. The molecule has 110 valence electrons. The smallest absolute Gasteiger partial charge is 0.263 e. The molecule has 0 fully saturated rings. The summed E-state index contributed by atoms with van der Waals surface area (Å²) in [7, 11) is 0. The van der Waals surface area contributed by atoms with E-state index in [0.29, 0.717) is 25.2 Å². The Morgan fingerprint density at radius 1 is 1.24 bits per heavy atom. The van der Waals surface area contributed by atoms with Crippen molar-refractivity contribution in [3.05, 3.63) is 64.3 Å². The summed E-state index contributed by atoms with van der Waals surface area (Å²) in [6, 6.07) is 6.83. The number of amides is 1. The highest BCUT2D eigenvalue weighted by Crippen LogP contribution is 2.17. The lowest BCUT2D eigenvalue weighted by Gasteiger charge is -2.22. The molecule has 0 radical (unpaired) electrons. The molecule has 0 atom stereocenters. The summed E-state index contributed by atoms with van der Waals surface area (Å²) in [5.41, 5.74) is 5.69. The van der Waals surface area contributed by atoms with Crippen LogP contribution in [0, 0.1) is 5.82 Å². The van der Waals surface area contributed by atoms with Gasteiger partial charge in [0.25, 0.3) is 5.91 Å². The van der Waals surface area contributed by atoms with E-state index >= 15 is 0 Å². The number of nitrogens with two attached hydrogens (primary N) is 1. The molecule has 1 heterocycles. The van der Waals surface area contributed by atoms with E-state index in [4.69, 9.17) is 5.73 Å². The summed E-state index contributed by atoms with van der Waals surface area (Å²) in [5.74, 6) is -0.820. The van der Waals surface area contributed by atoms with Crippen molar-refractivity contribution in [2.75, 3.05) is 18.0 Å². The van der Waals surface area contributed by atoms with Crippen molar-refractivity contribution in [2.45, 2.75) is 6.42 Å². The molecule has 0 bridgehead atoms. The number of hydrogen-bond donors (Lipinski definition) is 2. The molecule has 5 nitrogen and oxygen atoms in total. The van der Waals surface area contributed by atoms with Crippen LogP contribution in [0.2, 0.25) is 0 Å². The van der Waals surface area contributed by atoms with Crippen LogP contribution in [0.25, 0.3) is 0 Å². The minimum atomic E-state index is -0.433. The zero-order valence-electron chi connectivity index (χ0n) is 11.4. The van der Waals surface area contributed by atoms with Crippen LogP contribution in [0.4, 0.5) is 10.1 Å². The zero-order chi connectivity index (χ0) is 15.2. The minimum Gasteiger partial charge on any atom is -0.367 e. The number of rotatable bonds is 5. The summed E-state index contributed by atoms with van der Waals surface area (Å²) in [5, 5.41) is 0. The second-order valence-electron chi connectivity index (χ2n) is 4.50. The molecule has 21 heavy (non-hydrogen) atoms. The van der Waals surface area contributed by atoms with E-state index in [0.717, 1.165) is 0 Å². The Morgan fingerprint density at radius 2 is 1.95 bits per heavy atom. The van der Waals surface area contributed by atoms with Gasteiger partial charge in [-0.3, -0.25) is 9.59 Å². The van der Waals surface area contributed by atoms with Crippen molar-refractivity contribution in [2.24, 2.45) is 5.73 Å². The fourth-order valence-corrected chi connectivity index (χ4v) is 1.95. The molecule has 0 aliphatic rings. The highest BCUT2D eigenvalue weighted by Gasteiger charge is 2.19. The summed E-state index contributed by atoms with van der Waals surface area (Å²) in [6.07, 6.45) is 3.40. The van der Waals surface area contributed by atoms with E-state index < -0.39 is 5.91 Å². The molecular weight excluding hydrogens is 273 g/mol. The largest absolute Gasteiger partial charge is 0.367 e. The number of anilines is 1. The van der Waals surface area contributed by atoms with Crippen molar-refractivity contribution in [1.29, 1.82) is 0 Å². The van der Waals surface area contributed by atoms with Crippen molar-refractivity contribution in [3.8, 4) is 0 Å². The van der Waals surface area contributed by atoms with Crippen molar-refractivity contribution in [1.82, 2.24) is 4.98 Å². The average Bonchev–Trinajstić information content (AvgIpc) is 2.49. The van der Waals surface area contributed by atoms with Gasteiger partial charge in [-0.25, -0.2) is 4.39 Å². The van der Waals surface area contributed by atoms with Crippen LogP contribution in [0.15, 0.2) is 47.5 Å². The predicted molar refractivity (Wildman–Crippen MR) is 78.8 cm³/mol. The molecule has 0 saturated carbocycles. The maximum absolute atomic E-state index is 13.0. The zero-order valence-corrected chi connectivity index (χ0v) is 11.4. The van der Waals surface area contributed by atoms with Crippen LogP contribution in [0.5, 0.6) is 0 Å². The van der Waals surface area contributed by atoms with Crippen LogP contribution in [-0.2, 0) is 0 Å². The molecule has 2 aromatic rings. The Balaban J connectivity index is 2.36. The third kappa shape index (κ3) is 3.55. The fourth-order valence-electron chi connectivity index (χ4n) is 1.95. The Hall–Kier alpha value is -2.47. The number of carbonyl (C=O) groups is 1. The number of aromatic nitrogens is 1. The van der Waals surface area contributed by atoms with Gasteiger partial charge in [0, 0.05) is 30.7 Å². The molecular formula is C15H16FN3O2. The van der Waals surface area contributed by atoms with Gasteiger partial charge in [-0.1, -0.05) is 0 Å². The van der Waals surface area contributed by atoms with Gasteiger partial charge in [0.2, 0.25) is 0 Å². The first-order valence-electron chi connectivity index (χ1n) is 6.58. The lowest BCUT2D eigenvalue weighted by Crippen LogP contribution is -2.35. The van der Waals surface area contributed by atoms with Crippen molar-refractivity contribution in [3.63, 3.8) is 0 Å². The number of pyridine rings is 1. The highest BCUT2D eigenvalue weighted by atomic mass is 19.1. The van der Waals surface area contributed by atoms with Gasteiger partial charge >= 0.3 is 0 Å². The topological polar surface area (TPSA) is 79.2 Å². The van der Waals surface area contributed by atoms with Gasteiger partial charge < -0.3 is 15.6 Å². The number of benzene rings is 1. The number of halogens is 1. The number of hydrogen-bond acceptors (Lipinski definition) is 3. The molecule has 6 heteroatoms. The number of aromatic amines is 1. The summed E-state index contributed by atoms with van der Waals surface area (Å²) < 4.78 is 13.0. The van der Waals surface area contributed by atoms with Crippen molar-refractivity contribution < 1.29 is 9.18 Å². The van der Waals surface area contributed by atoms with Crippen LogP contribution < -0.4 is 16.1 Å². The first kappa shape index (κ1) is 14.9. The first-order valence-corrected chi connectivity index (χ1v) is 6.58. The van der Waals surface area contributed by atoms with Gasteiger partial charge in [-0.2, -0.15) is 0 Å². The quantitative estimate of drug-likeness (QED) is 0.875. The molecule has 2 rings (SSSR count). The van der Waals surface area contributed by atoms with Crippen LogP contribution in [0.3, 0.4) is 0 Å². The van der Waals surface area contributed by atoms with Crippen LogP contribution >= 0.6 is 0 Å². The van der Waals surface area contributed by atoms with Crippen LogP contribution in [-0.4, -0.2) is 24.0 Å². The first-order chi connectivity index (χ1) is 10.1. The van der Waals surface area contributed by atoms with Gasteiger partial charge in [0.1, 0.15) is 11.4 Å². The van der Waals surface area contributed by atoms with E-state index in [2.05, 4.69) is 4.98 Å². The number of H-pyrrole nitrogens is 1. The SMILES string of the molecule is NCCCN(C(=O)c1c[nH]ccc1=O)c1ccc(F)cc1. The average molecular weight is 289 g/mol. The van der Waals surface area contributed by atoms with Crippen molar-refractivity contribution >= 4 is 11.6 Å². The third-order valence-electron chi connectivity index (χ3n) is 3.02. The standard InChI is InChI=1S/C15H16FN3O2/c16-11-2-4-12(5-3-11)19(9-1-7-17)15(21)13-10-18-8-6-14(13)20/h2-6,8,10H,1,7,9,17H2,(H,18,20). The van der Waals surface area contributed by atoms with E-state index in [1.54, 1.807) is 0 Å². The predicted octanol–water partition coefficient (Wildman–Crippen LogP) is 1.51. The second-order valence-corrected chi connectivity index (χ2v) is 4.50. The summed E-state index contributed by atoms with van der Waals surface area (Å²) >= 11 is 0. The molecule has 0 saturated heterocycles. The molecule has 0 spiro atoms. The second kappa shape index (κ2) is 6.81. The highest BCUT2D eigenvalue weighted by molar-refractivity contribution is 6.05. The number of nitrogens with one attached hydrogen (secondary N) is 1. The number of carbonyl (C=O) groups excluding carboxylic acids is 1. The lowest BCUT2D eigenvalue weighted by atomic mass is 10.2. The Bertz CT molecular complexity index is 667. The van der Waals surface area contributed by atoms with Gasteiger partial charge in [0.05, 0.1) is 0 Å². The van der Waals surface area contributed by atoms with E-state index in [1.165, 1.54) is 47.6 Å². The third-order valence-corrected chi connectivity index (χ3v) is 3.02. The Kier molecular flexibility index (Phi) is 4.84. The van der Waals surface area contributed by atoms with E-state index in [-0.39, 0.29) is 16.8 Å². The van der Waals surface area contributed by atoms with E-state index in [9.17, 15) is 14.0 Å². The fraction of sp³-hybridized carbons (Fsp3) is 0.200. The normalized spacial score (nSPS) is 10.4.